The van der Waals surface area contributed by atoms with Crippen LogP contribution in [0.5, 0.6) is 0 Å². The quantitative estimate of drug-likeness (QED) is 0.761. The number of carbonyl (C=O) groups is 1. The molecule has 0 bridgehead atoms. The smallest absolute Gasteiger partial charge is 0.319 e. The van der Waals surface area contributed by atoms with Crippen LogP contribution in [0.25, 0.3) is 5.69 Å². The molecule has 1 aromatic heterocycles. The maximum Gasteiger partial charge on any atom is 0.319 e. The Balaban J connectivity index is 2.01. The van der Waals surface area contributed by atoms with Crippen LogP contribution in [0.15, 0.2) is 42.7 Å². The minimum Gasteiger partial charge on any atom is -0.392 e. The first-order valence-corrected chi connectivity index (χ1v) is 8.13. The number of aliphatic hydroxyl groups is 1. The summed E-state index contributed by atoms with van der Waals surface area (Å²) in [4.78, 5) is 12.2. The molecule has 2 rings (SSSR count). The maximum absolute atomic E-state index is 12.2. The summed E-state index contributed by atoms with van der Waals surface area (Å²) in [5, 5.41) is 20.1. The minimum atomic E-state index is -0.492. The van der Waals surface area contributed by atoms with Gasteiger partial charge in [0.25, 0.3) is 0 Å². The summed E-state index contributed by atoms with van der Waals surface area (Å²) < 4.78 is 1.70. The number of anilines is 1. The molecule has 0 fully saturated rings. The Labute approximate surface area is 142 Å². The molecular weight excluding hydrogens is 304 g/mol. The van der Waals surface area contributed by atoms with Crippen molar-refractivity contribution in [3.63, 3.8) is 0 Å². The van der Waals surface area contributed by atoms with Gasteiger partial charge in [-0.15, -0.1) is 0 Å². The average Bonchev–Trinajstić information content (AvgIpc) is 3.07. The highest BCUT2D eigenvalue weighted by molar-refractivity contribution is 5.91. The van der Waals surface area contributed by atoms with E-state index >= 15 is 0 Å². The lowest BCUT2D eigenvalue weighted by molar-refractivity contribution is 0.0154. The Hall–Kier alpha value is -2.34. The van der Waals surface area contributed by atoms with E-state index in [2.05, 4.69) is 15.7 Å². The summed E-state index contributed by atoms with van der Waals surface area (Å²) in [6.45, 7) is 8.19. The standard InChI is InChI=1S/C18H26N4O2/c1-13(2)16(23)18(3,4)12-19-17(24)21-14-8-5-6-9-15(14)22-11-7-10-20-22/h5-11,13,16,23H,12H2,1-4H3,(H2,19,21,24). The van der Waals surface area contributed by atoms with E-state index in [9.17, 15) is 9.90 Å². The number of urea groups is 1. The van der Waals surface area contributed by atoms with Gasteiger partial charge in [-0.2, -0.15) is 5.10 Å². The van der Waals surface area contributed by atoms with Crippen LogP contribution in [0.4, 0.5) is 10.5 Å². The normalized spacial score (nSPS) is 12.9. The molecule has 1 heterocycles. The lowest BCUT2D eigenvalue weighted by Gasteiger charge is -2.33. The summed E-state index contributed by atoms with van der Waals surface area (Å²) in [5.74, 6) is 0.130. The van der Waals surface area contributed by atoms with Gasteiger partial charge >= 0.3 is 6.03 Å². The molecule has 0 spiro atoms. The van der Waals surface area contributed by atoms with Crippen LogP contribution in [-0.4, -0.2) is 33.6 Å². The highest BCUT2D eigenvalue weighted by atomic mass is 16.3. The number of aromatic nitrogens is 2. The molecule has 0 aliphatic rings. The predicted octanol–water partition coefficient (Wildman–Crippen LogP) is 3.04. The minimum absolute atomic E-state index is 0.130. The number of hydrogen-bond donors (Lipinski definition) is 3. The Bertz CT molecular complexity index is 665. The van der Waals surface area contributed by atoms with Crippen molar-refractivity contribution < 1.29 is 9.90 Å². The highest BCUT2D eigenvalue weighted by Gasteiger charge is 2.30. The zero-order valence-corrected chi connectivity index (χ0v) is 14.7. The van der Waals surface area contributed by atoms with Crippen LogP contribution in [-0.2, 0) is 0 Å². The average molecular weight is 330 g/mol. The summed E-state index contributed by atoms with van der Waals surface area (Å²) >= 11 is 0. The van der Waals surface area contributed by atoms with Crippen molar-refractivity contribution in [3.8, 4) is 5.69 Å². The van der Waals surface area contributed by atoms with Gasteiger partial charge in [0.05, 0.1) is 17.5 Å². The molecule has 1 unspecified atom stereocenters. The van der Waals surface area contributed by atoms with E-state index in [4.69, 9.17) is 0 Å². The van der Waals surface area contributed by atoms with E-state index in [-0.39, 0.29) is 11.9 Å². The lowest BCUT2D eigenvalue weighted by Crippen LogP contribution is -2.44. The molecule has 0 aliphatic carbocycles. The van der Waals surface area contributed by atoms with Crippen LogP contribution in [0, 0.1) is 11.3 Å². The molecule has 1 aromatic carbocycles. The van der Waals surface area contributed by atoms with Gasteiger partial charge in [-0.05, 0) is 24.1 Å². The fourth-order valence-corrected chi connectivity index (χ4v) is 2.67. The third-order valence-corrected chi connectivity index (χ3v) is 4.04. The fourth-order valence-electron chi connectivity index (χ4n) is 2.67. The van der Waals surface area contributed by atoms with Crippen molar-refractivity contribution >= 4 is 11.7 Å². The largest absolute Gasteiger partial charge is 0.392 e. The number of aliphatic hydroxyl groups excluding tert-OH is 1. The second-order valence-corrected chi connectivity index (χ2v) is 6.95. The van der Waals surface area contributed by atoms with Gasteiger partial charge in [0.2, 0.25) is 0 Å². The highest BCUT2D eigenvalue weighted by Crippen LogP contribution is 2.25. The van der Waals surface area contributed by atoms with Crippen LogP contribution in [0.1, 0.15) is 27.7 Å². The second-order valence-electron chi connectivity index (χ2n) is 6.95. The van der Waals surface area contributed by atoms with Crippen LogP contribution < -0.4 is 10.6 Å². The number of hydrogen-bond acceptors (Lipinski definition) is 3. The number of para-hydroxylation sites is 2. The first kappa shape index (κ1) is 18.0. The zero-order valence-electron chi connectivity index (χ0n) is 14.7. The van der Waals surface area contributed by atoms with Gasteiger partial charge in [-0.3, -0.25) is 0 Å². The van der Waals surface area contributed by atoms with E-state index in [0.29, 0.717) is 12.2 Å². The van der Waals surface area contributed by atoms with Crippen molar-refractivity contribution in [3.05, 3.63) is 42.7 Å². The Morgan fingerprint density at radius 2 is 2.00 bits per heavy atom. The number of nitrogens with one attached hydrogen (secondary N) is 2. The van der Waals surface area contributed by atoms with E-state index in [0.717, 1.165) is 5.69 Å². The summed E-state index contributed by atoms with van der Waals surface area (Å²) in [7, 11) is 0. The summed E-state index contributed by atoms with van der Waals surface area (Å²) in [6.07, 6.45) is 3.02. The van der Waals surface area contributed by atoms with Crippen molar-refractivity contribution in [2.75, 3.05) is 11.9 Å². The Morgan fingerprint density at radius 1 is 1.29 bits per heavy atom. The SMILES string of the molecule is CC(C)C(O)C(C)(C)CNC(=O)Nc1ccccc1-n1cccn1. The molecule has 130 valence electrons. The molecule has 3 N–H and O–H groups in total. The molecule has 0 saturated carbocycles. The van der Waals surface area contributed by atoms with E-state index in [1.54, 1.807) is 10.9 Å². The number of carbonyl (C=O) groups excluding carboxylic acids is 1. The maximum atomic E-state index is 12.2. The zero-order chi connectivity index (χ0) is 17.7. The van der Waals surface area contributed by atoms with Crippen LogP contribution in [0.3, 0.4) is 0 Å². The molecule has 1 atom stereocenters. The predicted molar refractivity (Wildman–Crippen MR) is 95.2 cm³/mol. The summed E-state index contributed by atoms with van der Waals surface area (Å²) in [5.41, 5.74) is 1.05. The molecule has 2 amide bonds. The van der Waals surface area contributed by atoms with Gasteiger partial charge in [-0.25, -0.2) is 9.48 Å². The molecular formula is C18H26N4O2. The number of nitrogens with zero attached hydrogens (tertiary/aromatic N) is 2. The topological polar surface area (TPSA) is 79.2 Å². The molecule has 0 aliphatic heterocycles. The van der Waals surface area contributed by atoms with Gasteiger partial charge in [0.15, 0.2) is 0 Å². The monoisotopic (exact) mass is 330 g/mol. The second kappa shape index (κ2) is 7.49. The number of amides is 2. The fraction of sp³-hybridized carbons (Fsp3) is 0.444. The van der Waals surface area contributed by atoms with E-state index < -0.39 is 11.5 Å². The van der Waals surface area contributed by atoms with Crippen molar-refractivity contribution in [1.29, 1.82) is 0 Å². The summed E-state index contributed by atoms with van der Waals surface area (Å²) in [6, 6.07) is 8.97. The van der Waals surface area contributed by atoms with Gasteiger partial charge in [0, 0.05) is 24.4 Å². The van der Waals surface area contributed by atoms with Crippen molar-refractivity contribution in [2.24, 2.45) is 11.3 Å². The molecule has 6 nitrogen and oxygen atoms in total. The third kappa shape index (κ3) is 4.35. The first-order chi connectivity index (χ1) is 11.3. The molecule has 2 aromatic rings. The molecule has 6 heteroatoms. The molecule has 0 radical (unpaired) electrons. The van der Waals surface area contributed by atoms with Crippen molar-refractivity contribution in [2.45, 2.75) is 33.8 Å². The lowest BCUT2D eigenvalue weighted by atomic mass is 9.81. The van der Waals surface area contributed by atoms with E-state index in [1.165, 1.54) is 0 Å². The van der Waals surface area contributed by atoms with E-state index in [1.807, 2.05) is 64.2 Å². The van der Waals surface area contributed by atoms with Gasteiger partial charge < -0.3 is 15.7 Å². The van der Waals surface area contributed by atoms with Crippen molar-refractivity contribution in [1.82, 2.24) is 15.1 Å². The number of benzene rings is 1. The molecule has 0 saturated heterocycles. The first-order valence-electron chi connectivity index (χ1n) is 8.13. The van der Waals surface area contributed by atoms with Crippen LogP contribution >= 0.6 is 0 Å². The Kier molecular flexibility index (Phi) is 5.62. The molecule has 24 heavy (non-hydrogen) atoms. The van der Waals surface area contributed by atoms with Gasteiger partial charge in [-0.1, -0.05) is 39.8 Å². The third-order valence-electron chi connectivity index (χ3n) is 4.04. The Morgan fingerprint density at radius 3 is 2.62 bits per heavy atom. The van der Waals surface area contributed by atoms with Crippen LogP contribution in [0.2, 0.25) is 0 Å². The number of rotatable bonds is 6. The van der Waals surface area contributed by atoms with Gasteiger partial charge in [0.1, 0.15) is 0 Å².